The number of ketones is 1. The first-order valence-corrected chi connectivity index (χ1v) is 6.90. The molecule has 0 bridgehead atoms. The summed E-state index contributed by atoms with van der Waals surface area (Å²) in [7, 11) is 0. The monoisotopic (exact) mass is 295 g/mol. The molecule has 4 aromatic rings. The molecule has 4 rings (SSSR count). The number of furan rings is 1. The van der Waals surface area contributed by atoms with Crippen LogP contribution in [0.15, 0.2) is 65.2 Å². The van der Waals surface area contributed by atoms with Crippen molar-refractivity contribution in [2.45, 2.75) is 0 Å². The number of fused-ring (bicyclic) bond motifs is 3. The third-order valence-electron chi connectivity index (χ3n) is 3.50. The normalized spacial score (nSPS) is 11.3. The minimum absolute atomic E-state index is 0.146. The van der Waals surface area contributed by atoms with Crippen LogP contribution in [0.2, 0.25) is 5.02 Å². The fraction of sp³-hybridized carbons (Fsp3) is 0. The topological polar surface area (TPSA) is 34.6 Å². The Bertz CT molecular complexity index is 963. The van der Waals surface area contributed by atoms with Gasteiger partial charge in [-0.25, -0.2) is 0 Å². The van der Waals surface area contributed by atoms with Crippen LogP contribution in [-0.2, 0) is 0 Å². The van der Waals surface area contributed by atoms with E-state index < -0.39 is 0 Å². The molecular formula is C17H10ClNO2. The van der Waals surface area contributed by atoms with E-state index in [4.69, 9.17) is 16.0 Å². The number of nitrogens with zero attached hydrogens (tertiary/aromatic N) is 1. The summed E-state index contributed by atoms with van der Waals surface area (Å²) in [4.78, 5) is 12.4. The molecule has 0 radical (unpaired) electrons. The zero-order chi connectivity index (χ0) is 14.4. The van der Waals surface area contributed by atoms with Gasteiger partial charge in [0.2, 0.25) is 5.78 Å². The number of aromatic nitrogens is 1. The first-order chi connectivity index (χ1) is 10.2. The Morgan fingerprint density at radius 2 is 1.86 bits per heavy atom. The van der Waals surface area contributed by atoms with Gasteiger partial charge in [0.05, 0.1) is 5.52 Å². The van der Waals surface area contributed by atoms with Crippen LogP contribution in [0.1, 0.15) is 16.1 Å². The summed E-state index contributed by atoms with van der Waals surface area (Å²) in [5.74, 6) is 0.188. The third kappa shape index (κ3) is 1.94. The number of hydrogen-bond donors (Lipinski definition) is 0. The van der Waals surface area contributed by atoms with Crippen LogP contribution in [-0.4, -0.2) is 10.2 Å². The summed E-state index contributed by atoms with van der Waals surface area (Å²) in [5.41, 5.74) is 3.20. The van der Waals surface area contributed by atoms with E-state index in [1.165, 1.54) is 0 Å². The number of pyridine rings is 1. The molecule has 3 heterocycles. The van der Waals surface area contributed by atoms with Crippen molar-refractivity contribution in [1.82, 2.24) is 4.40 Å². The van der Waals surface area contributed by atoms with E-state index in [0.29, 0.717) is 21.9 Å². The van der Waals surface area contributed by atoms with Gasteiger partial charge in [-0.15, -0.1) is 0 Å². The molecule has 102 valence electrons. The van der Waals surface area contributed by atoms with Crippen LogP contribution in [0, 0.1) is 0 Å². The largest absolute Gasteiger partial charge is 0.451 e. The zero-order valence-corrected chi connectivity index (χ0v) is 11.7. The molecule has 3 aromatic heterocycles. The Labute approximate surface area is 125 Å². The molecule has 0 aliphatic rings. The molecular weight excluding hydrogens is 286 g/mol. The van der Waals surface area contributed by atoms with Gasteiger partial charge in [0.1, 0.15) is 0 Å². The Hall–Kier alpha value is -2.52. The van der Waals surface area contributed by atoms with Gasteiger partial charge >= 0.3 is 0 Å². The van der Waals surface area contributed by atoms with Crippen molar-refractivity contribution in [3.8, 4) is 0 Å². The highest BCUT2D eigenvalue weighted by Crippen LogP contribution is 2.25. The second kappa shape index (κ2) is 4.50. The summed E-state index contributed by atoms with van der Waals surface area (Å²) in [6.07, 6.45) is 1.95. The molecule has 4 heteroatoms. The summed E-state index contributed by atoms with van der Waals surface area (Å²) in [5, 5.41) is 0.603. The van der Waals surface area contributed by atoms with Gasteiger partial charge in [0, 0.05) is 34.4 Å². The van der Waals surface area contributed by atoms with Crippen LogP contribution >= 0.6 is 11.6 Å². The average molecular weight is 296 g/mol. The Kier molecular flexibility index (Phi) is 2.62. The van der Waals surface area contributed by atoms with E-state index in [1.54, 1.807) is 30.3 Å². The standard InChI is InChI=1S/C17H10ClNO2/c18-12-6-4-11(5-7-12)17(20)16-10-14-15(21-16)9-13-3-1-2-8-19(13)14/h1-10H. The number of carbonyl (C=O) groups is 1. The van der Waals surface area contributed by atoms with E-state index >= 15 is 0 Å². The molecule has 21 heavy (non-hydrogen) atoms. The van der Waals surface area contributed by atoms with Gasteiger partial charge < -0.3 is 8.82 Å². The lowest BCUT2D eigenvalue weighted by molar-refractivity contribution is 0.101. The van der Waals surface area contributed by atoms with E-state index in [-0.39, 0.29) is 5.78 Å². The van der Waals surface area contributed by atoms with Gasteiger partial charge in [0.25, 0.3) is 0 Å². The number of carbonyl (C=O) groups excluding carboxylic acids is 1. The number of hydrogen-bond acceptors (Lipinski definition) is 2. The summed E-state index contributed by atoms with van der Waals surface area (Å²) in [6, 6.07) is 16.4. The van der Waals surface area contributed by atoms with Crippen molar-refractivity contribution in [2.24, 2.45) is 0 Å². The van der Waals surface area contributed by atoms with Crippen molar-refractivity contribution in [2.75, 3.05) is 0 Å². The second-order valence-corrected chi connectivity index (χ2v) is 5.27. The highest BCUT2D eigenvalue weighted by atomic mass is 35.5. The van der Waals surface area contributed by atoms with Crippen LogP contribution in [0.25, 0.3) is 16.6 Å². The minimum atomic E-state index is -0.146. The second-order valence-electron chi connectivity index (χ2n) is 4.84. The molecule has 0 spiro atoms. The lowest BCUT2D eigenvalue weighted by Gasteiger charge is -1.97. The molecule has 0 amide bonds. The van der Waals surface area contributed by atoms with E-state index in [9.17, 15) is 4.79 Å². The molecule has 0 aliphatic carbocycles. The van der Waals surface area contributed by atoms with Crippen molar-refractivity contribution in [3.63, 3.8) is 0 Å². The molecule has 0 saturated carbocycles. The summed E-state index contributed by atoms with van der Waals surface area (Å²) >= 11 is 5.84. The van der Waals surface area contributed by atoms with Crippen molar-refractivity contribution >= 4 is 34.0 Å². The van der Waals surface area contributed by atoms with Crippen molar-refractivity contribution in [1.29, 1.82) is 0 Å². The predicted molar refractivity (Wildman–Crippen MR) is 82.1 cm³/mol. The van der Waals surface area contributed by atoms with Gasteiger partial charge in [-0.3, -0.25) is 4.79 Å². The number of halogens is 1. The lowest BCUT2D eigenvalue weighted by Crippen LogP contribution is -1.98. The Balaban J connectivity index is 1.83. The minimum Gasteiger partial charge on any atom is -0.451 e. The smallest absolute Gasteiger partial charge is 0.228 e. The molecule has 0 saturated heterocycles. The maximum atomic E-state index is 12.4. The average Bonchev–Trinajstić information content (AvgIpc) is 3.05. The molecule has 0 atom stereocenters. The van der Waals surface area contributed by atoms with Gasteiger partial charge in [-0.2, -0.15) is 0 Å². The van der Waals surface area contributed by atoms with Crippen molar-refractivity contribution in [3.05, 3.63) is 77.1 Å². The first-order valence-electron chi connectivity index (χ1n) is 6.52. The highest BCUT2D eigenvalue weighted by molar-refractivity contribution is 6.30. The number of benzene rings is 1. The summed E-state index contributed by atoms with van der Waals surface area (Å²) < 4.78 is 7.69. The molecule has 1 aromatic carbocycles. The van der Waals surface area contributed by atoms with Crippen LogP contribution in [0.3, 0.4) is 0 Å². The van der Waals surface area contributed by atoms with Gasteiger partial charge in [0.15, 0.2) is 11.3 Å². The fourth-order valence-corrected chi connectivity index (χ4v) is 2.60. The predicted octanol–water partition coefficient (Wildman–Crippen LogP) is 4.57. The fourth-order valence-electron chi connectivity index (χ4n) is 2.47. The summed E-state index contributed by atoms with van der Waals surface area (Å²) in [6.45, 7) is 0. The molecule has 3 nitrogen and oxygen atoms in total. The van der Waals surface area contributed by atoms with E-state index in [0.717, 1.165) is 11.0 Å². The zero-order valence-electron chi connectivity index (χ0n) is 10.9. The number of rotatable bonds is 2. The van der Waals surface area contributed by atoms with Gasteiger partial charge in [-0.1, -0.05) is 17.7 Å². The lowest BCUT2D eigenvalue weighted by atomic mass is 10.1. The SMILES string of the molecule is O=C(c1ccc(Cl)cc1)c1cc2c(cc3ccccn32)o1. The third-order valence-corrected chi connectivity index (χ3v) is 3.75. The van der Waals surface area contributed by atoms with E-state index in [2.05, 4.69) is 0 Å². The maximum Gasteiger partial charge on any atom is 0.228 e. The maximum absolute atomic E-state index is 12.4. The van der Waals surface area contributed by atoms with Gasteiger partial charge in [-0.05, 0) is 36.4 Å². The Morgan fingerprint density at radius 1 is 1.05 bits per heavy atom. The van der Waals surface area contributed by atoms with Crippen molar-refractivity contribution < 1.29 is 9.21 Å². The molecule has 0 unspecified atom stereocenters. The molecule has 0 aliphatic heterocycles. The van der Waals surface area contributed by atoms with Crippen LogP contribution in [0.5, 0.6) is 0 Å². The quantitative estimate of drug-likeness (QED) is 0.508. The highest BCUT2D eigenvalue weighted by Gasteiger charge is 2.16. The van der Waals surface area contributed by atoms with Crippen LogP contribution < -0.4 is 0 Å². The Morgan fingerprint density at radius 3 is 2.67 bits per heavy atom. The van der Waals surface area contributed by atoms with Crippen LogP contribution in [0.4, 0.5) is 0 Å². The molecule has 0 fully saturated rings. The van der Waals surface area contributed by atoms with E-state index in [1.807, 2.05) is 34.9 Å². The first kappa shape index (κ1) is 12.2. The molecule has 0 N–H and O–H groups in total.